The number of nitrogens with zero attached hydrogens (tertiary/aromatic N) is 1. The van der Waals surface area contributed by atoms with Crippen molar-refractivity contribution in [2.45, 2.75) is 24.3 Å². The second kappa shape index (κ2) is 8.21. The molecule has 3 atom stereocenters. The molecule has 1 amide bonds. The molecule has 1 saturated carbocycles. The Balaban J connectivity index is 1.89. The fourth-order valence-corrected chi connectivity index (χ4v) is 4.69. The molecule has 0 aliphatic heterocycles. The second-order valence-corrected chi connectivity index (χ2v) is 9.29. The minimum absolute atomic E-state index is 0.0240. The molecule has 6 nitrogen and oxygen atoms in total. The molecular weight excluding hydrogens is 400 g/mol. The Morgan fingerprint density at radius 2 is 1.89 bits per heavy atom. The first kappa shape index (κ1) is 20.8. The lowest BCUT2D eigenvalue weighted by molar-refractivity contribution is -0.0258. The molecule has 28 heavy (non-hydrogen) atoms. The minimum atomic E-state index is -3.97. The SMILES string of the molecule is CON(C)S(=O)(=O)c1cc(C(=O)NC(c2ccccc2)C2CC2C)ccc1Cl. The van der Waals surface area contributed by atoms with Crippen LogP contribution >= 0.6 is 11.6 Å². The number of hydrogen-bond acceptors (Lipinski definition) is 4. The van der Waals surface area contributed by atoms with Crippen LogP contribution in [0.5, 0.6) is 0 Å². The number of carbonyl (C=O) groups is 1. The predicted molar refractivity (Wildman–Crippen MR) is 107 cm³/mol. The zero-order chi connectivity index (χ0) is 20.5. The number of benzene rings is 2. The summed E-state index contributed by atoms with van der Waals surface area (Å²) in [6.45, 7) is 2.15. The van der Waals surface area contributed by atoms with E-state index in [4.69, 9.17) is 16.4 Å². The largest absolute Gasteiger partial charge is 0.345 e. The Labute approximate surface area is 170 Å². The molecule has 0 spiro atoms. The third-order valence-electron chi connectivity index (χ3n) is 5.11. The highest BCUT2D eigenvalue weighted by Gasteiger charge is 2.41. The first-order valence-corrected chi connectivity index (χ1v) is 10.8. The summed E-state index contributed by atoms with van der Waals surface area (Å²) in [5, 5.41) is 3.09. The molecule has 0 saturated heterocycles. The van der Waals surface area contributed by atoms with Gasteiger partial charge in [-0.1, -0.05) is 53.3 Å². The fraction of sp³-hybridized carbons (Fsp3) is 0.350. The standard InChI is InChI=1S/C20H23ClN2O4S/c1-13-11-16(13)19(14-7-5-4-6-8-14)22-20(24)15-9-10-17(21)18(12-15)28(25,26)23(2)27-3/h4-10,12-13,16,19H,11H2,1-3H3,(H,22,24). The number of carbonyl (C=O) groups excluding carboxylic acids is 1. The van der Waals surface area contributed by atoms with Crippen molar-refractivity contribution in [2.24, 2.45) is 11.8 Å². The number of hydrogen-bond donors (Lipinski definition) is 1. The van der Waals surface area contributed by atoms with Gasteiger partial charge in [0.05, 0.1) is 18.2 Å². The summed E-state index contributed by atoms with van der Waals surface area (Å²) >= 11 is 6.07. The van der Waals surface area contributed by atoms with Crippen molar-refractivity contribution in [1.29, 1.82) is 0 Å². The van der Waals surface area contributed by atoms with Crippen molar-refractivity contribution in [1.82, 2.24) is 9.79 Å². The minimum Gasteiger partial charge on any atom is -0.345 e. The molecule has 1 aliphatic rings. The molecule has 2 aromatic rings. The van der Waals surface area contributed by atoms with E-state index in [0.717, 1.165) is 12.0 Å². The van der Waals surface area contributed by atoms with E-state index in [-0.39, 0.29) is 27.4 Å². The highest BCUT2D eigenvalue weighted by Crippen LogP contribution is 2.47. The summed E-state index contributed by atoms with van der Waals surface area (Å²) in [5.74, 6) is 0.546. The maximum Gasteiger partial charge on any atom is 0.266 e. The number of halogens is 1. The van der Waals surface area contributed by atoms with Crippen LogP contribution in [0.4, 0.5) is 0 Å². The van der Waals surface area contributed by atoms with Crippen LogP contribution in [0.1, 0.15) is 35.3 Å². The molecule has 150 valence electrons. The first-order chi connectivity index (χ1) is 13.3. The van der Waals surface area contributed by atoms with Crippen LogP contribution in [-0.2, 0) is 14.9 Å². The number of nitrogens with one attached hydrogen (secondary N) is 1. The van der Waals surface area contributed by atoms with Gasteiger partial charge in [0.2, 0.25) is 0 Å². The van der Waals surface area contributed by atoms with E-state index >= 15 is 0 Å². The van der Waals surface area contributed by atoms with Gasteiger partial charge in [-0.15, -0.1) is 0 Å². The molecular formula is C20H23ClN2O4S. The van der Waals surface area contributed by atoms with Crippen molar-refractivity contribution < 1.29 is 18.0 Å². The lowest BCUT2D eigenvalue weighted by Gasteiger charge is -2.20. The van der Waals surface area contributed by atoms with Gasteiger partial charge in [-0.25, -0.2) is 8.42 Å². The van der Waals surface area contributed by atoms with Gasteiger partial charge in [-0.2, -0.15) is 0 Å². The van der Waals surface area contributed by atoms with Crippen LogP contribution in [0.25, 0.3) is 0 Å². The van der Waals surface area contributed by atoms with Gasteiger partial charge < -0.3 is 5.32 Å². The summed E-state index contributed by atoms with van der Waals surface area (Å²) in [5.41, 5.74) is 1.26. The van der Waals surface area contributed by atoms with Crippen molar-refractivity contribution >= 4 is 27.5 Å². The van der Waals surface area contributed by atoms with Crippen LogP contribution < -0.4 is 5.32 Å². The number of sulfonamides is 1. The Bertz CT molecular complexity index is 965. The molecule has 1 aliphatic carbocycles. The zero-order valence-corrected chi connectivity index (χ0v) is 17.5. The number of hydroxylamine groups is 1. The lowest BCUT2D eigenvalue weighted by Crippen LogP contribution is -2.31. The van der Waals surface area contributed by atoms with Gasteiger partial charge in [0, 0.05) is 12.6 Å². The van der Waals surface area contributed by atoms with Gasteiger partial charge in [0.1, 0.15) is 4.90 Å². The lowest BCUT2D eigenvalue weighted by atomic mass is 10.0. The molecule has 8 heteroatoms. The third kappa shape index (κ3) is 4.22. The van der Waals surface area contributed by atoms with Crippen molar-refractivity contribution in [3.8, 4) is 0 Å². The maximum absolute atomic E-state index is 12.9. The quantitative estimate of drug-likeness (QED) is 0.691. The average molecular weight is 423 g/mol. The molecule has 1 fully saturated rings. The van der Waals surface area contributed by atoms with E-state index in [0.29, 0.717) is 16.3 Å². The summed E-state index contributed by atoms with van der Waals surface area (Å²) in [6, 6.07) is 13.9. The Morgan fingerprint density at radius 1 is 1.25 bits per heavy atom. The van der Waals surface area contributed by atoms with Gasteiger partial charge in [0.15, 0.2) is 0 Å². The van der Waals surface area contributed by atoms with E-state index in [1.807, 2.05) is 30.3 Å². The van der Waals surface area contributed by atoms with E-state index < -0.39 is 10.0 Å². The molecule has 2 aromatic carbocycles. The fourth-order valence-electron chi connectivity index (χ4n) is 3.22. The highest BCUT2D eigenvalue weighted by atomic mass is 35.5. The molecule has 3 rings (SSSR count). The van der Waals surface area contributed by atoms with Crippen molar-refractivity contribution in [3.63, 3.8) is 0 Å². The zero-order valence-electron chi connectivity index (χ0n) is 15.9. The molecule has 1 N–H and O–H groups in total. The normalized spacial score (nSPS) is 20.0. The van der Waals surface area contributed by atoms with Crippen LogP contribution in [0.3, 0.4) is 0 Å². The summed E-state index contributed by atoms with van der Waals surface area (Å²) in [4.78, 5) is 17.5. The van der Waals surface area contributed by atoms with E-state index in [9.17, 15) is 13.2 Å². The Hall–Kier alpha value is -1.93. The maximum atomic E-state index is 12.9. The van der Waals surface area contributed by atoms with Crippen LogP contribution in [0, 0.1) is 11.8 Å². The van der Waals surface area contributed by atoms with Gasteiger partial charge in [-0.3, -0.25) is 9.63 Å². The molecule has 0 heterocycles. The third-order valence-corrected chi connectivity index (χ3v) is 7.27. The molecule has 0 aromatic heterocycles. The van der Waals surface area contributed by atoms with Crippen LogP contribution in [-0.4, -0.2) is 33.0 Å². The van der Waals surface area contributed by atoms with Gasteiger partial charge >= 0.3 is 0 Å². The number of amides is 1. The van der Waals surface area contributed by atoms with E-state index in [1.165, 1.54) is 32.4 Å². The summed E-state index contributed by atoms with van der Waals surface area (Å²) < 4.78 is 25.8. The Kier molecular flexibility index (Phi) is 6.09. The Morgan fingerprint density at radius 3 is 2.46 bits per heavy atom. The van der Waals surface area contributed by atoms with Crippen molar-refractivity contribution in [3.05, 3.63) is 64.7 Å². The smallest absolute Gasteiger partial charge is 0.266 e. The van der Waals surface area contributed by atoms with E-state index in [1.54, 1.807) is 0 Å². The topological polar surface area (TPSA) is 75.7 Å². The summed E-state index contributed by atoms with van der Waals surface area (Å²) in [6.07, 6.45) is 1.04. The highest BCUT2D eigenvalue weighted by molar-refractivity contribution is 7.89. The first-order valence-electron chi connectivity index (χ1n) is 8.94. The average Bonchev–Trinajstić information content (AvgIpc) is 3.42. The molecule has 0 radical (unpaired) electrons. The second-order valence-electron chi connectivity index (χ2n) is 6.98. The van der Waals surface area contributed by atoms with Crippen LogP contribution in [0.15, 0.2) is 53.4 Å². The van der Waals surface area contributed by atoms with Gasteiger partial charge in [-0.05, 0) is 42.0 Å². The van der Waals surface area contributed by atoms with Crippen molar-refractivity contribution in [2.75, 3.05) is 14.2 Å². The number of rotatable bonds is 7. The van der Waals surface area contributed by atoms with Crippen LogP contribution in [0.2, 0.25) is 5.02 Å². The predicted octanol–water partition coefficient (Wildman–Crippen LogP) is 3.65. The van der Waals surface area contributed by atoms with E-state index in [2.05, 4.69) is 12.2 Å². The molecule has 0 bridgehead atoms. The summed E-state index contributed by atoms with van der Waals surface area (Å²) in [7, 11) is -1.47. The molecule has 3 unspecified atom stereocenters. The van der Waals surface area contributed by atoms with Gasteiger partial charge in [0.25, 0.3) is 15.9 Å². The monoisotopic (exact) mass is 422 g/mol.